The van der Waals surface area contributed by atoms with Gasteiger partial charge in [0.25, 0.3) is 11.6 Å². The lowest BCUT2D eigenvalue weighted by atomic mass is 10.1. The zero-order valence-electron chi connectivity index (χ0n) is 15.1. The van der Waals surface area contributed by atoms with Crippen molar-refractivity contribution in [3.8, 4) is 0 Å². The lowest BCUT2D eigenvalue weighted by molar-refractivity contribution is -0.384. The maximum atomic E-state index is 12.5. The normalized spacial score (nSPS) is 13.3. The van der Waals surface area contributed by atoms with Gasteiger partial charge in [-0.2, -0.15) is 0 Å². The van der Waals surface area contributed by atoms with Gasteiger partial charge in [0, 0.05) is 29.2 Å². The number of pyridine rings is 1. The number of hydrogen-bond donors (Lipinski definition) is 2. The highest BCUT2D eigenvalue weighted by atomic mass is 79.9. The standard InChI is InChI=1S/C18H18BrN5O3S/c1-11-13(19)5-7-16(20-11)21-18(28)22-17(25)12-4-6-14(15(10-12)24(26)27)23-8-2-3-9-23/h4-7,10H,2-3,8-9H2,1H3,(H2,20,21,22,25,28). The molecule has 8 nitrogen and oxygen atoms in total. The highest BCUT2D eigenvalue weighted by molar-refractivity contribution is 9.10. The molecule has 1 aromatic carbocycles. The van der Waals surface area contributed by atoms with Gasteiger partial charge in [-0.15, -0.1) is 0 Å². The molecule has 1 aliphatic rings. The molecule has 2 aromatic rings. The summed E-state index contributed by atoms with van der Waals surface area (Å²) in [6.07, 6.45) is 2.01. The van der Waals surface area contributed by atoms with E-state index in [1.165, 1.54) is 6.07 Å². The predicted molar refractivity (Wildman–Crippen MR) is 115 cm³/mol. The Morgan fingerprint density at radius 3 is 2.64 bits per heavy atom. The molecular weight excluding hydrogens is 446 g/mol. The minimum Gasteiger partial charge on any atom is -0.366 e. The number of amides is 1. The van der Waals surface area contributed by atoms with E-state index in [0.29, 0.717) is 11.5 Å². The van der Waals surface area contributed by atoms with Crippen LogP contribution in [0.5, 0.6) is 0 Å². The van der Waals surface area contributed by atoms with Crippen molar-refractivity contribution in [2.45, 2.75) is 19.8 Å². The summed E-state index contributed by atoms with van der Waals surface area (Å²) in [6, 6.07) is 8.00. The number of thiocarbonyl (C=S) groups is 1. The highest BCUT2D eigenvalue weighted by Crippen LogP contribution is 2.31. The van der Waals surface area contributed by atoms with E-state index in [1.54, 1.807) is 18.2 Å². The van der Waals surface area contributed by atoms with Crippen molar-refractivity contribution in [2.24, 2.45) is 0 Å². The van der Waals surface area contributed by atoms with Crippen LogP contribution in [0.1, 0.15) is 28.9 Å². The number of anilines is 2. The molecule has 2 heterocycles. The fourth-order valence-corrected chi connectivity index (χ4v) is 3.39. The van der Waals surface area contributed by atoms with E-state index in [1.807, 2.05) is 17.9 Å². The summed E-state index contributed by atoms with van der Waals surface area (Å²) in [5.41, 5.74) is 1.39. The van der Waals surface area contributed by atoms with Gasteiger partial charge in [0.2, 0.25) is 0 Å². The van der Waals surface area contributed by atoms with Crippen molar-refractivity contribution >= 4 is 56.4 Å². The zero-order chi connectivity index (χ0) is 20.3. The number of nitro benzene ring substituents is 1. The molecule has 0 atom stereocenters. The number of carbonyl (C=O) groups excluding carboxylic acids is 1. The number of nitrogens with zero attached hydrogens (tertiary/aromatic N) is 3. The fraction of sp³-hybridized carbons (Fsp3) is 0.278. The van der Waals surface area contributed by atoms with Gasteiger partial charge in [-0.3, -0.25) is 20.2 Å². The van der Waals surface area contributed by atoms with Crippen LogP contribution in [-0.2, 0) is 0 Å². The Bertz CT molecular complexity index is 947. The van der Waals surface area contributed by atoms with Gasteiger partial charge in [-0.05, 0) is 72.2 Å². The molecular formula is C18H18BrN5O3S. The number of aromatic nitrogens is 1. The molecule has 146 valence electrons. The maximum absolute atomic E-state index is 12.5. The van der Waals surface area contributed by atoms with Crippen LogP contribution in [0.3, 0.4) is 0 Å². The number of aryl methyl sites for hydroxylation is 1. The number of benzene rings is 1. The molecule has 1 aromatic heterocycles. The van der Waals surface area contributed by atoms with Crippen LogP contribution < -0.4 is 15.5 Å². The first-order valence-electron chi connectivity index (χ1n) is 8.64. The lowest BCUT2D eigenvalue weighted by Gasteiger charge is -2.18. The molecule has 0 aliphatic carbocycles. The third kappa shape index (κ3) is 4.63. The van der Waals surface area contributed by atoms with Crippen LogP contribution >= 0.6 is 28.1 Å². The molecule has 28 heavy (non-hydrogen) atoms. The van der Waals surface area contributed by atoms with E-state index in [4.69, 9.17) is 12.2 Å². The summed E-state index contributed by atoms with van der Waals surface area (Å²) in [5.74, 6) is -0.0382. The van der Waals surface area contributed by atoms with E-state index in [9.17, 15) is 14.9 Å². The van der Waals surface area contributed by atoms with E-state index in [-0.39, 0.29) is 16.4 Å². The van der Waals surface area contributed by atoms with Crippen LogP contribution in [-0.4, -0.2) is 34.0 Å². The number of nitrogens with one attached hydrogen (secondary N) is 2. The van der Waals surface area contributed by atoms with Crippen molar-refractivity contribution in [1.82, 2.24) is 10.3 Å². The van der Waals surface area contributed by atoms with Crippen molar-refractivity contribution in [1.29, 1.82) is 0 Å². The summed E-state index contributed by atoms with van der Waals surface area (Å²) in [7, 11) is 0. The van der Waals surface area contributed by atoms with E-state index in [0.717, 1.165) is 36.1 Å². The molecule has 0 unspecified atom stereocenters. The van der Waals surface area contributed by atoms with Gasteiger partial charge >= 0.3 is 0 Å². The van der Waals surface area contributed by atoms with E-state index >= 15 is 0 Å². The smallest absolute Gasteiger partial charge is 0.293 e. The minimum atomic E-state index is -0.526. The second-order valence-electron chi connectivity index (χ2n) is 6.33. The molecule has 0 saturated carbocycles. The molecule has 0 bridgehead atoms. The van der Waals surface area contributed by atoms with Crippen LogP contribution in [0.15, 0.2) is 34.8 Å². The molecule has 1 aliphatic heterocycles. The quantitative estimate of drug-likeness (QED) is 0.404. The Morgan fingerprint density at radius 1 is 1.29 bits per heavy atom. The first-order chi connectivity index (χ1) is 13.3. The van der Waals surface area contributed by atoms with Crippen LogP contribution in [0, 0.1) is 17.0 Å². The van der Waals surface area contributed by atoms with Gasteiger partial charge in [-0.1, -0.05) is 0 Å². The Hall–Kier alpha value is -2.59. The molecule has 3 rings (SSSR count). The number of nitro groups is 1. The monoisotopic (exact) mass is 463 g/mol. The van der Waals surface area contributed by atoms with E-state index in [2.05, 4.69) is 31.5 Å². The SMILES string of the molecule is Cc1nc(NC(=S)NC(=O)c2ccc(N3CCCC3)c([N+](=O)[O-])c2)ccc1Br. The highest BCUT2D eigenvalue weighted by Gasteiger charge is 2.24. The number of rotatable bonds is 4. The van der Waals surface area contributed by atoms with Crippen LogP contribution in [0.25, 0.3) is 0 Å². The largest absolute Gasteiger partial charge is 0.366 e. The number of hydrogen-bond acceptors (Lipinski definition) is 6. The lowest BCUT2D eigenvalue weighted by Crippen LogP contribution is -2.34. The third-order valence-corrected chi connectivity index (χ3v) is 5.41. The summed E-state index contributed by atoms with van der Waals surface area (Å²) >= 11 is 8.51. The van der Waals surface area contributed by atoms with Crippen molar-refractivity contribution in [3.63, 3.8) is 0 Å². The van der Waals surface area contributed by atoms with Crippen molar-refractivity contribution in [3.05, 3.63) is 56.2 Å². The maximum Gasteiger partial charge on any atom is 0.293 e. The molecule has 0 spiro atoms. The van der Waals surface area contributed by atoms with Gasteiger partial charge in [-0.25, -0.2) is 4.98 Å². The van der Waals surface area contributed by atoms with Gasteiger partial charge < -0.3 is 10.2 Å². The van der Waals surface area contributed by atoms with Gasteiger partial charge in [0.15, 0.2) is 5.11 Å². The summed E-state index contributed by atoms with van der Waals surface area (Å²) in [4.78, 5) is 29.7. The Kier molecular flexibility index (Phi) is 6.20. The second kappa shape index (κ2) is 8.61. The molecule has 0 radical (unpaired) electrons. The van der Waals surface area contributed by atoms with Gasteiger partial charge in [0.05, 0.1) is 10.6 Å². The molecule has 1 amide bonds. The van der Waals surface area contributed by atoms with Crippen LogP contribution in [0.2, 0.25) is 0 Å². The Labute approximate surface area is 175 Å². The molecule has 10 heteroatoms. The number of halogens is 1. The molecule has 1 fully saturated rings. The van der Waals surface area contributed by atoms with Crippen molar-refractivity contribution < 1.29 is 9.72 Å². The van der Waals surface area contributed by atoms with Crippen molar-refractivity contribution in [2.75, 3.05) is 23.3 Å². The zero-order valence-corrected chi connectivity index (χ0v) is 17.5. The average molecular weight is 464 g/mol. The van der Waals surface area contributed by atoms with E-state index < -0.39 is 10.8 Å². The number of carbonyl (C=O) groups is 1. The summed E-state index contributed by atoms with van der Waals surface area (Å²) in [5, 5.41) is 16.9. The third-order valence-electron chi connectivity index (χ3n) is 4.37. The fourth-order valence-electron chi connectivity index (χ4n) is 2.97. The average Bonchev–Trinajstić information content (AvgIpc) is 3.18. The first-order valence-corrected chi connectivity index (χ1v) is 9.84. The molecule has 2 N–H and O–H groups in total. The predicted octanol–water partition coefficient (Wildman–Crippen LogP) is 3.79. The summed E-state index contributed by atoms with van der Waals surface area (Å²) in [6.45, 7) is 3.39. The molecule has 1 saturated heterocycles. The minimum absolute atomic E-state index is 0.0606. The second-order valence-corrected chi connectivity index (χ2v) is 7.59. The first kappa shape index (κ1) is 20.2. The topological polar surface area (TPSA) is 100 Å². The summed E-state index contributed by atoms with van der Waals surface area (Å²) < 4.78 is 0.860. The van der Waals surface area contributed by atoms with Gasteiger partial charge in [0.1, 0.15) is 11.5 Å². The Balaban J connectivity index is 1.72. The Morgan fingerprint density at radius 2 is 2.00 bits per heavy atom. The van der Waals surface area contributed by atoms with Crippen LogP contribution in [0.4, 0.5) is 17.2 Å².